The molecule has 0 saturated carbocycles. The highest BCUT2D eigenvalue weighted by Gasteiger charge is 2.33. The number of aryl methyl sites for hydroxylation is 1. The van der Waals surface area contributed by atoms with E-state index in [4.69, 9.17) is 14.2 Å². The Hall–Kier alpha value is -3.63. The Kier molecular flexibility index (Phi) is 6.90. The molecule has 2 atom stereocenters. The molecule has 10 heteroatoms. The maximum absolute atomic E-state index is 16.4. The Morgan fingerprint density at radius 3 is 2.79 bits per heavy atom. The van der Waals surface area contributed by atoms with E-state index in [9.17, 15) is 9.50 Å². The summed E-state index contributed by atoms with van der Waals surface area (Å²) in [6, 6.07) is 5.95. The molecule has 0 spiro atoms. The van der Waals surface area contributed by atoms with Crippen molar-refractivity contribution in [3.8, 4) is 23.0 Å². The fourth-order valence-corrected chi connectivity index (χ4v) is 5.30. The number of epoxide rings is 1. The van der Waals surface area contributed by atoms with Gasteiger partial charge in [-0.3, -0.25) is 4.98 Å². The average Bonchev–Trinajstić information content (AvgIpc) is 3.69. The number of halogens is 2. The Labute approximate surface area is 224 Å². The number of hydrogen-bond donors (Lipinski definition) is 1. The first kappa shape index (κ1) is 25.6. The van der Waals surface area contributed by atoms with Crippen molar-refractivity contribution in [2.24, 2.45) is 0 Å². The van der Waals surface area contributed by atoms with Crippen LogP contribution in [0.1, 0.15) is 32.3 Å². The molecule has 0 aliphatic carbocycles. The summed E-state index contributed by atoms with van der Waals surface area (Å²) in [5, 5.41) is 12.0. The molecular formula is C29H30F2N4O4. The Morgan fingerprint density at radius 2 is 2.00 bits per heavy atom. The van der Waals surface area contributed by atoms with Crippen molar-refractivity contribution >= 4 is 27.5 Å². The van der Waals surface area contributed by atoms with E-state index >= 15 is 4.39 Å². The third kappa shape index (κ3) is 4.94. The summed E-state index contributed by atoms with van der Waals surface area (Å²) in [5.41, 5.74) is 0.745. The average molecular weight is 537 g/mol. The summed E-state index contributed by atoms with van der Waals surface area (Å²) in [6.07, 6.45) is 3.76. The number of phenols is 1. The molecule has 0 amide bonds. The molecular weight excluding hydrogens is 506 g/mol. The van der Waals surface area contributed by atoms with Crippen LogP contribution in [0.4, 0.5) is 14.6 Å². The van der Waals surface area contributed by atoms with Crippen LogP contribution in [0.2, 0.25) is 0 Å². The molecule has 2 fully saturated rings. The third-order valence-electron chi connectivity index (χ3n) is 7.40. The molecule has 2 unspecified atom stereocenters. The third-order valence-corrected chi connectivity index (χ3v) is 7.40. The first-order valence-electron chi connectivity index (χ1n) is 13.4. The van der Waals surface area contributed by atoms with E-state index in [1.807, 2.05) is 18.7 Å². The molecule has 8 nitrogen and oxygen atoms in total. The number of phenolic OH excluding ortho intramolecular Hbond substituents is 1. The first-order chi connectivity index (χ1) is 18.9. The lowest BCUT2D eigenvalue weighted by molar-refractivity contribution is 0.152. The maximum atomic E-state index is 16.4. The van der Waals surface area contributed by atoms with Gasteiger partial charge in [0, 0.05) is 37.9 Å². The predicted octanol–water partition coefficient (Wildman–Crippen LogP) is 5.17. The molecule has 0 bridgehead atoms. The quantitative estimate of drug-likeness (QED) is 0.323. The van der Waals surface area contributed by atoms with Crippen molar-refractivity contribution in [3.05, 3.63) is 47.7 Å². The molecule has 2 saturated heterocycles. The summed E-state index contributed by atoms with van der Waals surface area (Å²) >= 11 is 0. The fourth-order valence-electron chi connectivity index (χ4n) is 5.30. The molecule has 6 rings (SSSR count). The zero-order chi connectivity index (χ0) is 27.1. The van der Waals surface area contributed by atoms with E-state index in [0.717, 1.165) is 6.42 Å². The van der Waals surface area contributed by atoms with Crippen molar-refractivity contribution < 1.29 is 28.1 Å². The molecule has 1 N–H and O–H groups in total. The second kappa shape index (κ2) is 10.5. The molecule has 2 aromatic carbocycles. The van der Waals surface area contributed by atoms with Crippen LogP contribution in [-0.4, -0.2) is 65.2 Å². The lowest BCUT2D eigenvalue weighted by Gasteiger charge is -2.23. The molecule has 2 aliphatic heterocycles. The summed E-state index contributed by atoms with van der Waals surface area (Å²) in [5.74, 6) is -0.628. The number of nitrogens with zero attached hydrogens (tertiary/aromatic N) is 4. The fraction of sp³-hybridized carbons (Fsp3) is 0.414. The van der Waals surface area contributed by atoms with E-state index in [-0.39, 0.29) is 35.2 Å². The molecule has 4 aromatic rings. The summed E-state index contributed by atoms with van der Waals surface area (Å²) < 4.78 is 48.1. The zero-order valence-electron chi connectivity index (χ0n) is 21.9. The van der Waals surface area contributed by atoms with Crippen molar-refractivity contribution in [1.82, 2.24) is 15.0 Å². The minimum Gasteiger partial charge on any atom is -0.508 e. The highest BCUT2D eigenvalue weighted by atomic mass is 19.1. The van der Waals surface area contributed by atoms with E-state index in [1.54, 1.807) is 12.3 Å². The molecule has 2 aromatic heterocycles. The predicted molar refractivity (Wildman–Crippen MR) is 143 cm³/mol. The molecule has 0 radical (unpaired) electrons. The molecule has 39 heavy (non-hydrogen) atoms. The van der Waals surface area contributed by atoms with Crippen LogP contribution in [0, 0.1) is 11.6 Å². The minimum absolute atomic E-state index is 0.0290. The number of rotatable bonds is 7. The molecule has 2 aliphatic rings. The Morgan fingerprint density at radius 1 is 1.15 bits per heavy atom. The second-order valence-electron chi connectivity index (χ2n) is 9.95. The Balaban J connectivity index is 1.51. The number of fused-ring (bicyclic) bond motifs is 2. The van der Waals surface area contributed by atoms with Gasteiger partial charge in [-0.15, -0.1) is 0 Å². The van der Waals surface area contributed by atoms with Crippen LogP contribution in [0.3, 0.4) is 0 Å². The van der Waals surface area contributed by atoms with Crippen molar-refractivity contribution in [3.63, 3.8) is 0 Å². The lowest BCUT2D eigenvalue weighted by atomic mass is 9.94. The topological polar surface area (TPSA) is 93.1 Å². The smallest absolute Gasteiger partial charge is 0.319 e. The van der Waals surface area contributed by atoms with Crippen LogP contribution in [0.5, 0.6) is 11.8 Å². The van der Waals surface area contributed by atoms with Gasteiger partial charge in [0.25, 0.3) is 0 Å². The first-order valence-corrected chi connectivity index (χ1v) is 13.4. The van der Waals surface area contributed by atoms with Crippen molar-refractivity contribution in [2.45, 2.75) is 45.3 Å². The van der Waals surface area contributed by atoms with Crippen LogP contribution in [0.25, 0.3) is 32.9 Å². The van der Waals surface area contributed by atoms with Gasteiger partial charge in [-0.25, -0.2) is 8.78 Å². The Bertz CT molecular complexity index is 1540. The molecule has 204 valence electrons. The van der Waals surface area contributed by atoms with E-state index in [1.165, 1.54) is 18.2 Å². The van der Waals surface area contributed by atoms with Gasteiger partial charge in [0.2, 0.25) is 0 Å². The van der Waals surface area contributed by atoms with Gasteiger partial charge in [-0.2, -0.15) is 9.97 Å². The number of hydrogen-bond acceptors (Lipinski definition) is 8. The SMILES string of the molecule is CCc1c(F)ccc2cc(O)cc(-c3ncc4c(N5CCCOCC5)nc(OCCC5OC5C)nc4c3F)c12. The number of aromatic nitrogens is 3. The lowest BCUT2D eigenvalue weighted by Crippen LogP contribution is -2.27. The molecule has 4 heterocycles. The normalized spacial score (nSPS) is 19.4. The highest BCUT2D eigenvalue weighted by molar-refractivity contribution is 6.01. The van der Waals surface area contributed by atoms with E-state index < -0.39 is 11.6 Å². The monoisotopic (exact) mass is 536 g/mol. The summed E-state index contributed by atoms with van der Waals surface area (Å²) in [7, 11) is 0. The zero-order valence-corrected chi connectivity index (χ0v) is 21.9. The minimum atomic E-state index is -0.690. The number of benzene rings is 2. The van der Waals surface area contributed by atoms with Crippen LogP contribution in [0.15, 0.2) is 30.5 Å². The summed E-state index contributed by atoms with van der Waals surface area (Å²) in [6.45, 7) is 6.59. The highest BCUT2D eigenvalue weighted by Crippen LogP contribution is 2.39. The van der Waals surface area contributed by atoms with Gasteiger partial charge >= 0.3 is 6.01 Å². The van der Waals surface area contributed by atoms with E-state index in [2.05, 4.69) is 15.0 Å². The van der Waals surface area contributed by atoms with Crippen LogP contribution in [-0.2, 0) is 15.9 Å². The van der Waals surface area contributed by atoms with Crippen molar-refractivity contribution in [1.29, 1.82) is 0 Å². The van der Waals surface area contributed by atoms with Gasteiger partial charge in [-0.05, 0) is 54.3 Å². The van der Waals surface area contributed by atoms with Gasteiger partial charge in [-0.1, -0.05) is 13.0 Å². The van der Waals surface area contributed by atoms with Gasteiger partial charge in [0.05, 0.1) is 30.8 Å². The van der Waals surface area contributed by atoms with Gasteiger partial charge in [0.1, 0.15) is 28.6 Å². The van der Waals surface area contributed by atoms with Crippen molar-refractivity contribution in [2.75, 3.05) is 37.8 Å². The number of aromatic hydroxyl groups is 1. The number of ether oxygens (including phenoxy) is 3. The van der Waals surface area contributed by atoms with E-state index in [0.29, 0.717) is 78.9 Å². The maximum Gasteiger partial charge on any atom is 0.319 e. The summed E-state index contributed by atoms with van der Waals surface area (Å²) in [4.78, 5) is 15.6. The van der Waals surface area contributed by atoms with Crippen LogP contribution >= 0.6 is 0 Å². The van der Waals surface area contributed by atoms with Gasteiger partial charge in [0.15, 0.2) is 5.82 Å². The second-order valence-corrected chi connectivity index (χ2v) is 9.95. The largest absolute Gasteiger partial charge is 0.508 e. The standard InChI is InChI=1S/C29H30F2N4O4/c1-3-19-22(30)6-5-17-13-18(36)14-20(24(17)19)26-25(31)27-21(15-32-26)28(35-8-4-10-37-12-9-35)34-29(33-27)38-11-7-23-16(2)39-23/h5-6,13-16,23,36H,3-4,7-12H2,1-2H3. The van der Waals surface area contributed by atoms with Crippen LogP contribution < -0.4 is 9.64 Å². The number of anilines is 1. The number of pyridine rings is 1. The van der Waals surface area contributed by atoms with Gasteiger partial charge < -0.3 is 24.2 Å².